The van der Waals surface area contributed by atoms with Gasteiger partial charge in [-0.05, 0) is 36.6 Å². The number of halogens is 1. The maximum atomic E-state index is 8.90. The molecule has 0 saturated carbocycles. The van der Waals surface area contributed by atoms with Crippen LogP contribution in [0.15, 0.2) is 16.6 Å². The highest BCUT2D eigenvalue weighted by Crippen LogP contribution is 2.24. The molecule has 0 amide bonds. The SMILES string of the molecule is Cc1cc(C(N)CO)cc(Br)c1C. The molecule has 0 spiro atoms. The summed E-state index contributed by atoms with van der Waals surface area (Å²) < 4.78 is 1.05. The Labute approximate surface area is 86.9 Å². The molecule has 0 heterocycles. The molecule has 0 radical (unpaired) electrons. The van der Waals surface area contributed by atoms with Crippen molar-refractivity contribution in [1.82, 2.24) is 0 Å². The van der Waals surface area contributed by atoms with E-state index in [0.717, 1.165) is 10.0 Å². The summed E-state index contributed by atoms with van der Waals surface area (Å²) in [7, 11) is 0. The van der Waals surface area contributed by atoms with E-state index in [4.69, 9.17) is 10.8 Å². The van der Waals surface area contributed by atoms with Crippen molar-refractivity contribution in [3.63, 3.8) is 0 Å². The van der Waals surface area contributed by atoms with Crippen molar-refractivity contribution in [3.05, 3.63) is 33.3 Å². The highest BCUT2D eigenvalue weighted by molar-refractivity contribution is 9.10. The quantitative estimate of drug-likeness (QED) is 0.836. The molecule has 1 aromatic carbocycles. The van der Waals surface area contributed by atoms with Crippen molar-refractivity contribution in [3.8, 4) is 0 Å². The largest absolute Gasteiger partial charge is 0.394 e. The predicted molar refractivity (Wildman–Crippen MR) is 57.6 cm³/mol. The van der Waals surface area contributed by atoms with Gasteiger partial charge in [-0.2, -0.15) is 0 Å². The monoisotopic (exact) mass is 243 g/mol. The average molecular weight is 244 g/mol. The minimum Gasteiger partial charge on any atom is -0.394 e. The first kappa shape index (κ1) is 10.7. The summed E-state index contributed by atoms with van der Waals surface area (Å²) in [6.07, 6.45) is 0. The van der Waals surface area contributed by atoms with Crippen LogP contribution < -0.4 is 5.73 Å². The summed E-state index contributed by atoms with van der Waals surface area (Å²) in [4.78, 5) is 0. The molecule has 13 heavy (non-hydrogen) atoms. The topological polar surface area (TPSA) is 46.2 Å². The average Bonchev–Trinajstić information content (AvgIpc) is 2.12. The van der Waals surface area contributed by atoms with Crippen LogP contribution >= 0.6 is 15.9 Å². The van der Waals surface area contributed by atoms with Crippen molar-refractivity contribution in [2.75, 3.05) is 6.61 Å². The zero-order valence-electron chi connectivity index (χ0n) is 7.84. The molecule has 72 valence electrons. The molecule has 2 nitrogen and oxygen atoms in total. The molecule has 0 aliphatic carbocycles. The molecule has 1 rings (SSSR count). The highest BCUT2D eigenvalue weighted by atomic mass is 79.9. The molecule has 0 aliphatic heterocycles. The zero-order chi connectivity index (χ0) is 10.0. The standard InChI is InChI=1S/C10H14BrNO/c1-6-3-8(10(12)5-13)4-9(11)7(6)2/h3-4,10,13H,5,12H2,1-2H3. The molecule has 0 fully saturated rings. The molecule has 1 atom stereocenters. The van der Waals surface area contributed by atoms with Crippen LogP contribution in [-0.4, -0.2) is 11.7 Å². The molecule has 3 N–H and O–H groups in total. The lowest BCUT2D eigenvalue weighted by molar-refractivity contribution is 0.268. The first-order chi connectivity index (χ1) is 6.06. The van der Waals surface area contributed by atoms with E-state index in [1.165, 1.54) is 11.1 Å². The van der Waals surface area contributed by atoms with Crippen LogP contribution in [0.1, 0.15) is 22.7 Å². The summed E-state index contributed by atoms with van der Waals surface area (Å²) in [5, 5.41) is 8.90. The van der Waals surface area contributed by atoms with Gasteiger partial charge in [0.25, 0.3) is 0 Å². The van der Waals surface area contributed by atoms with Crippen LogP contribution in [0.3, 0.4) is 0 Å². The minimum absolute atomic E-state index is 0.0189. The van der Waals surface area contributed by atoms with E-state index in [1.54, 1.807) is 0 Å². The smallest absolute Gasteiger partial charge is 0.0624 e. The van der Waals surface area contributed by atoms with E-state index in [9.17, 15) is 0 Å². The normalized spacial score (nSPS) is 13.0. The van der Waals surface area contributed by atoms with Gasteiger partial charge in [-0.25, -0.2) is 0 Å². The van der Waals surface area contributed by atoms with E-state index < -0.39 is 0 Å². The Kier molecular flexibility index (Phi) is 3.47. The lowest BCUT2D eigenvalue weighted by Gasteiger charge is -2.12. The summed E-state index contributed by atoms with van der Waals surface area (Å²) in [5.41, 5.74) is 9.09. The Bertz CT molecular complexity index is 289. The maximum absolute atomic E-state index is 8.90. The number of aliphatic hydroxyl groups is 1. The van der Waals surface area contributed by atoms with Gasteiger partial charge in [-0.15, -0.1) is 0 Å². The molecule has 0 bridgehead atoms. The van der Waals surface area contributed by atoms with Gasteiger partial charge in [-0.1, -0.05) is 22.0 Å². The van der Waals surface area contributed by atoms with Crippen LogP contribution in [0.25, 0.3) is 0 Å². The third-order valence-electron chi connectivity index (χ3n) is 2.25. The Morgan fingerprint density at radius 2 is 2.08 bits per heavy atom. The minimum atomic E-state index is -0.282. The van der Waals surface area contributed by atoms with Crippen LogP contribution in [0.2, 0.25) is 0 Å². The number of hydrogen-bond acceptors (Lipinski definition) is 2. The van der Waals surface area contributed by atoms with Crippen LogP contribution in [-0.2, 0) is 0 Å². The number of rotatable bonds is 2. The summed E-state index contributed by atoms with van der Waals surface area (Å²) in [6, 6.07) is 3.69. The fraction of sp³-hybridized carbons (Fsp3) is 0.400. The number of aliphatic hydroxyl groups excluding tert-OH is 1. The molecular weight excluding hydrogens is 230 g/mol. The summed E-state index contributed by atoms with van der Waals surface area (Å²) in [6.45, 7) is 4.07. The fourth-order valence-corrected chi connectivity index (χ4v) is 1.74. The van der Waals surface area contributed by atoms with Crippen LogP contribution in [0, 0.1) is 13.8 Å². The lowest BCUT2D eigenvalue weighted by atomic mass is 10.0. The number of benzene rings is 1. The Morgan fingerprint density at radius 3 is 2.54 bits per heavy atom. The van der Waals surface area contributed by atoms with Crippen molar-refractivity contribution in [1.29, 1.82) is 0 Å². The molecule has 0 aliphatic rings. The number of aryl methyl sites for hydroxylation is 1. The van der Waals surface area contributed by atoms with Gasteiger partial charge < -0.3 is 10.8 Å². The maximum Gasteiger partial charge on any atom is 0.0624 e. The van der Waals surface area contributed by atoms with Crippen molar-refractivity contribution in [2.24, 2.45) is 5.73 Å². The summed E-state index contributed by atoms with van der Waals surface area (Å²) in [5.74, 6) is 0. The predicted octanol–water partition coefficient (Wildman–Crippen LogP) is 2.06. The van der Waals surface area contributed by atoms with Crippen LogP contribution in [0.5, 0.6) is 0 Å². The molecule has 1 unspecified atom stereocenters. The third kappa shape index (κ3) is 2.30. The second-order valence-corrected chi connectivity index (χ2v) is 4.09. The van der Waals surface area contributed by atoms with Gasteiger partial charge in [-0.3, -0.25) is 0 Å². The van der Waals surface area contributed by atoms with Gasteiger partial charge in [0.2, 0.25) is 0 Å². The van der Waals surface area contributed by atoms with E-state index in [0.29, 0.717) is 0 Å². The fourth-order valence-electron chi connectivity index (χ4n) is 1.16. The zero-order valence-corrected chi connectivity index (χ0v) is 9.43. The van der Waals surface area contributed by atoms with Crippen molar-refractivity contribution >= 4 is 15.9 Å². The molecular formula is C10H14BrNO. The van der Waals surface area contributed by atoms with Gasteiger partial charge in [0.15, 0.2) is 0 Å². The van der Waals surface area contributed by atoms with E-state index in [1.807, 2.05) is 26.0 Å². The first-order valence-electron chi connectivity index (χ1n) is 4.19. The van der Waals surface area contributed by atoms with Gasteiger partial charge in [0.1, 0.15) is 0 Å². The van der Waals surface area contributed by atoms with E-state index in [-0.39, 0.29) is 12.6 Å². The highest BCUT2D eigenvalue weighted by Gasteiger charge is 2.07. The third-order valence-corrected chi connectivity index (χ3v) is 3.07. The Hall–Kier alpha value is -0.380. The molecule has 3 heteroatoms. The van der Waals surface area contributed by atoms with Crippen molar-refractivity contribution in [2.45, 2.75) is 19.9 Å². The van der Waals surface area contributed by atoms with Gasteiger partial charge in [0, 0.05) is 4.47 Å². The first-order valence-corrected chi connectivity index (χ1v) is 4.98. The molecule has 1 aromatic rings. The van der Waals surface area contributed by atoms with Crippen LogP contribution in [0.4, 0.5) is 0 Å². The van der Waals surface area contributed by atoms with Gasteiger partial charge in [0.05, 0.1) is 12.6 Å². The number of hydrogen-bond donors (Lipinski definition) is 2. The Morgan fingerprint density at radius 1 is 1.46 bits per heavy atom. The second-order valence-electron chi connectivity index (χ2n) is 3.23. The summed E-state index contributed by atoms with van der Waals surface area (Å²) >= 11 is 3.46. The lowest BCUT2D eigenvalue weighted by Crippen LogP contribution is -2.14. The number of nitrogens with two attached hydrogens (primary N) is 1. The molecule has 0 saturated heterocycles. The molecule has 0 aromatic heterocycles. The van der Waals surface area contributed by atoms with Crippen molar-refractivity contribution < 1.29 is 5.11 Å². The Balaban J connectivity index is 3.13. The second kappa shape index (κ2) is 4.22. The van der Waals surface area contributed by atoms with E-state index in [2.05, 4.69) is 15.9 Å². The van der Waals surface area contributed by atoms with E-state index >= 15 is 0 Å². The van der Waals surface area contributed by atoms with Gasteiger partial charge >= 0.3 is 0 Å².